The zero-order valence-corrected chi connectivity index (χ0v) is 17.0. The Hall–Kier alpha value is -0.820. The Balaban J connectivity index is 2.07. The Morgan fingerprint density at radius 2 is 1.21 bits per heavy atom. The Morgan fingerprint density at radius 1 is 0.792 bits per heavy atom. The highest BCUT2D eigenvalue weighted by atomic mass is 79.9. The Kier molecular flexibility index (Phi) is 4.49. The Bertz CT molecular complexity index is 776. The fourth-order valence-electron chi connectivity index (χ4n) is 2.91. The van der Waals surface area contributed by atoms with Crippen molar-refractivity contribution in [2.24, 2.45) is 0 Å². The standard InChI is InChI=1S/C16H12Br2Cl2N2O2/c17-13-7(19)5-9-15(23-3-1-21-9)11(13)12-14(18)8(20)6-10-16(12)24-4-2-22-10/h5-6,21-22H,1-4H2. The Labute approximate surface area is 166 Å². The van der Waals surface area contributed by atoms with Gasteiger partial charge in [0.2, 0.25) is 0 Å². The molecule has 2 N–H and O–H groups in total. The van der Waals surface area contributed by atoms with Gasteiger partial charge in [-0.25, -0.2) is 0 Å². The minimum Gasteiger partial charge on any atom is -0.489 e. The van der Waals surface area contributed by atoms with Crippen LogP contribution in [0.3, 0.4) is 0 Å². The zero-order valence-electron chi connectivity index (χ0n) is 12.3. The van der Waals surface area contributed by atoms with Crippen LogP contribution in [0.1, 0.15) is 0 Å². The lowest BCUT2D eigenvalue weighted by Gasteiger charge is -2.28. The fraction of sp³-hybridized carbons (Fsp3) is 0.250. The predicted octanol–water partition coefficient (Wildman–Crippen LogP) is 5.79. The summed E-state index contributed by atoms with van der Waals surface area (Å²) in [5.74, 6) is 1.47. The van der Waals surface area contributed by atoms with Crippen molar-refractivity contribution in [3.63, 3.8) is 0 Å². The molecule has 0 aromatic heterocycles. The lowest BCUT2D eigenvalue weighted by Crippen LogP contribution is -2.20. The topological polar surface area (TPSA) is 42.5 Å². The van der Waals surface area contributed by atoms with Crippen molar-refractivity contribution in [2.75, 3.05) is 36.9 Å². The van der Waals surface area contributed by atoms with Gasteiger partial charge in [0.25, 0.3) is 0 Å². The molecule has 4 rings (SSSR count). The highest BCUT2D eigenvalue weighted by Gasteiger charge is 2.29. The van der Waals surface area contributed by atoms with Gasteiger partial charge in [-0.1, -0.05) is 23.2 Å². The van der Waals surface area contributed by atoms with E-state index in [1.807, 2.05) is 12.1 Å². The maximum atomic E-state index is 6.43. The van der Waals surface area contributed by atoms with E-state index in [1.54, 1.807) is 0 Å². The SMILES string of the molecule is Clc1cc2c(c(-c3c(Br)c(Cl)cc4c3OCCN4)c1Br)OCCN2. The molecule has 0 atom stereocenters. The summed E-state index contributed by atoms with van der Waals surface area (Å²) in [6, 6.07) is 3.71. The number of rotatable bonds is 1. The molecule has 0 fully saturated rings. The highest BCUT2D eigenvalue weighted by Crippen LogP contribution is 2.54. The Morgan fingerprint density at radius 3 is 1.62 bits per heavy atom. The molecule has 0 saturated carbocycles. The second kappa shape index (κ2) is 6.48. The first kappa shape index (κ1) is 16.6. The molecule has 0 saturated heterocycles. The fourth-order valence-corrected chi connectivity index (χ4v) is 4.30. The van der Waals surface area contributed by atoms with E-state index in [9.17, 15) is 0 Å². The molecule has 126 valence electrons. The maximum absolute atomic E-state index is 6.43. The van der Waals surface area contributed by atoms with Crippen molar-refractivity contribution in [3.8, 4) is 22.6 Å². The van der Waals surface area contributed by atoms with E-state index in [1.165, 1.54) is 0 Å². The van der Waals surface area contributed by atoms with Gasteiger partial charge in [-0.2, -0.15) is 0 Å². The summed E-state index contributed by atoms with van der Waals surface area (Å²) in [6.07, 6.45) is 0. The summed E-state index contributed by atoms with van der Waals surface area (Å²) >= 11 is 20.1. The molecule has 2 aromatic carbocycles. The second-order valence-corrected chi connectivity index (χ2v) is 7.80. The smallest absolute Gasteiger partial charge is 0.151 e. The van der Waals surface area contributed by atoms with Crippen LogP contribution < -0.4 is 20.1 Å². The molecular weight excluding hydrogens is 483 g/mol. The minimum absolute atomic E-state index is 0.577. The van der Waals surface area contributed by atoms with Crippen LogP contribution in [0, 0.1) is 0 Å². The quantitative estimate of drug-likeness (QED) is 0.526. The maximum Gasteiger partial charge on any atom is 0.151 e. The molecule has 8 heteroatoms. The largest absolute Gasteiger partial charge is 0.489 e. The monoisotopic (exact) mass is 492 g/mol. The number of benzene rings is 2. The van der Waals surface area contributed by atoms with Gasteiger partial charge in [0, 0.05) is 33.2 Å². The van der Waals surface area contributed by atoms with Gasteiger partial charge in [-0.15, -0.1) is 0 Å². The number of ether oxygens (including phenoxy) is 2. The normalized spacial score (nSPS) is 15.3. The number of hydrogen-bond acceptors (Lipinski definition) is 4. The van der Waals surface area contributed by atoms with Crippen LogP contribution in [0.4, 0.5) is 11.4 Å². The lowest BCUT2D eigenvalue weighted by atomic mass is 10.00. The molecule has 2 aliphatic rings. The molecule has 4 nitrogen and oxygen atoms in total. The zero-order chi connectivity index (χ0) is 16.8. The van der Waals surface area contributed by atoms with Crippen LogP contribution in [0.15, 0.2) is 21.1 Å². The van der Waals surface area contributed by atoms with Crippen LogP contribution in [-0.2, 0) is 0 Å². The third-order valence-corrected chi connectivity index (χ3v) is 6.62. The first-order chi connectivity index (χ1) is 11.6. The average Bonchev–Trinajstić information content (AvgIpc) is 2.58. The van der Waals surface area contributed by atoms with E-state index in [-0.39, 0.29) is 0 Å². The van der Waals surface area contributed by atoms with Crippen LogP contribution >= 0.6 is 55.1 Å². The van der Waals surface area contributed by atoms with Gasteiger partial charge >= 0.3 is 0 Å². The average molecular weight is 495 g/mol. The summed E-state index contributed by atoms with van der Waals surface area (Å²) in [6.45, 7) is 2.62. The molecule has 2 heterocycles. The van der Waals surface area contributed by atoms with Gasteiger partial charge in [0.05, 0.1) is 21.4 Å². The molecule has 2 aliphatic heterocycles. The van der Waals surface area contributed by atoms with Gasteiger partial charge in [0.15, 0.2) is 11.5 Å². The third-order valence-electron chi connectivity index (χ3n) is 3.92. The van der Waals surface area contributed by atoms with E-state index in [4.69, 9.17) is 32.7 Å². The van der Waals surface area contributed by atoms with Crippen LogP contribution in [-0.4, -0.2) is 26.3 Å². The number of anilines is 2. The van der Waals surface area contributed by atoms with Crippen LogP contribution in [0.2, 0.25) is 10.0 Å². The van der Waals surface area contributed by atoms with Crippen molar-refractivity contribution >= 4 is 66.4 Å². The van der Waals surface area contributed by atoms with Gasteiger partial charge < -0.3 is 20.1 Å². The van der Waals surface area contributed by atoms with E-state index in [0.29, 0.717) is 23.3 Å². The third kappa shape index (κ3) is 2.64. The van der Waals surface area contributed by atoms with E-state index >= 15 is 0 Å². The van der Waals surface area contributed by atoms with Gasteiger partial charge in [-0.3, -0.25) is 0 Å². The van der Waals surface area contributed by atoms with Crippen molar-refractivity contribution in [1.82, 2.24) is 0 Å². The molecule has 0 aliphatic carbocycles. The first-order valence-electron chi connectivity index (χ1n) is 7.35. The molecular formula is C16H12Br2Cl2N2O2. The molecule has 0 spiro atoms. The number of fused-ring (bicyclic) bond motifs is 2. The summed E-state index contributed by atoms with van der Waals surface area (Å²) in [7, 11) is 0. The molecule has 0 unspecified atom stereocenters. The summed E-state index contributed by atoms with van der Waals surface area (Å²) in [4.78, 5) is 0. The number of hydrogen-bond donors (Lipinski definition) is 2. The lowest BCUT2D eigenvalue weighted by molar-refractivity contribution is 0.319. The number of halogens is 4. The summed E-state index contributed by atoms with van der Waals surface area (Å²) < 4.78 is 13.4. The summed E-state index contributed by atoms with van der Waals surface area (Å²) in [5.41, 5.74) is 3.35. The van der Waals surface area contributed by atoms with Crippen LogP contribution in [0.5, 0.6) is 11.5 Å². The molecule has 0 radical (unpaired) electrons. The molecule has 0 amide bonds. The molecule has 0 bridgehead atoms. The van der Waals surface area contributed by atoms with Crippen molar-refractivity contribution in [1.29, 1.82) is 0 Å². The van der Waals surface area contributed by atoms with Crippen molar-refractivity contribution in [3.05, 3.63) is 31.1 Å². The van der Waals surface area contributed by atoms with Gasteiger partial charge in [-0.05, 0) is 44.0 Å². The second-order valence-electron chi connectivity index (χ2n) is 5.40. The van der Waals surface area contributed by atoms with Crippen molar-refractivity contribution in [2.45, 2.75) is 0 Å². The van der Waals surface area contributed by atoms with E-state index in [2.05, 4.69) is 42.5 Å². The van der Waals surface area contributed by atoms with E-state index in [0.717, 1.165) is 56.0 Å². The van der Waals surface area contributed by atoms with Gasteiger partial charge in [0.1, 0.15) is 13.2 Å². The summed E-state index contributed by atoms with van der Waals surface area (Å²) in [5, 5.41) is 7.82. The van der Waals surface area contributed by atoms with Crippen molar-refractivity contribution < 1.29 is 9.47 Å². The number of nitrogens with one attached hydrogen (secondary N) is 2. The molecule has 24 heavy (non-hydrogen) atoms. The van der Waals surface area contributed by atoms with E-state index < -0.39 is 0 Å². The predicted molar refractivity (Wildman–Crippen MR) is 105 cm³/mol. The van der Waals surface area contributed by atoms with Crippen LogP contribution in [0.25, 0.3) is 11.1 Å². The highest BCUT2D eigenvalue weighted by molar-refractivity contribution is 9.11. The first-order valence-corrected chi connectivity index (χ1v) is 9.70. The minimum atomic E-state index is 0.577. The molecule has 2 aromatic rings.